The van der Waals surface area contributed by atoms with Gasteiger partial charge in [-0.25, -0.2) is 10.2 Å². The molecule has 0 aromatic heterocycles. The molecule has 0 unspecified atom stereocenters. The number of rotatable bonds is 15. The largest absolute Gasteiger partial charge is 0.357 e. The Hall–Kier alpha value is -1.39. The summed E-state index contributed by atoms with van der Waals surface area (Å²) in [5.41, 5.74) is 5.99. The van der Waals surface area contributed by atoms with Crippen LogP contribution in [0.2, 0.25) is 0 Å². The van der Waals surface area contributed by atoms with Gasteiger partial charge in [-0.3, -0.25) is 0 Å². The van der Waals surface area contributed by atoms with Crippen molar-refractivity contribution in [2.45, 2.75) is 77.6 Å². The van der Waals surface area contributed by atoms with Gasteiger partial charge in [0.15, 0.2) is 0 Å². The predicted molar refractivity (Wildman–Crippen MR) is 99.5 cm³/mol. The van der Waals surface area contributed by atoms with Crippen molar-refractivity contribution < 1.29 is 9.63 Å². The highest BCUT2D eigenvalue weighted by molar-refractivity contribution is 5.89. The van der Waals surface area contributed by atoms with E-state index in [2.05, 4.69) is 17.9 Å². The molecule has 4 heteroatoms. The van der Waals surface area contributed by atoms with Crippen molar-refractivity contribution >= 4 is 5.97 Å². The molecule has 0 bridgehead atoms. The molecule has 4 nitrogen and oxygen atoms in total. The average molecular weight is 335 g/mol. The van der Waals surface area contributed by atoms with E-state index in [1.807, 2.05) is 18.2 Å². The second-order valence-corrected chi connectivity index (χ2v) is 6.32. The zero-order valence-electron chi connectivity index (χ0n) is 15.2. The van der Waals surface area contributed by atoms with Crippen molar-refractivity contribution in [3.63, 3.8) is 0 Å². The van der Waals surface area contributed by atoms with Gasteiger partial charge in [-0.2, -0.15) is 0 Å². The van der Waals surface area contributed by atoms with E-state index in [1.54, 1.807) is 12.1 Å². The first-order chi connectivity index (χ1) is 11.8. The summed E-state index contributed by atoms with van der Waals surface area (Å²) in [6, 6.07) is 8.96. The third-order valence-electron chi connectivity index (χ3n) is 4.13. The molecule has 0 saturated heterocycles. The van der Waals surface area contributed by atoms with E-state index in [9.17, 15) is 4.79 Å². The highest BCUT2D eigenvalue weighted by Gasteiger charge is 2.04. The van der Waals surface area contributed by atoms with Gasteiger partial charge in [-0.1, -0.05) is 94.9 Å². The van der Waals surface area contributed by atoms with Crippen molar-refractivity contribution in [2.24, 2.45) is 0 Å². The highest BCUT2D eigenvalue weighted by atomic mass is 16.7. The third kappa shape index (κ3) is 11.2. The van der Waals surface area contributed by atoms with Gasteiger partial charge in [-0.05, 0) is 18.6 Å². The first-order valence-electron chi connectivity index (χ1n) is 9.58. The van der Waals surface area contributed by atoms with Gasteiger partial charge in [0, 0.05) is 6.54 Å². The SMILES string of the molecule is CCCCCCCCCCCCCNNOC(=O)c1ccccc1. The Morgan fingerprint density at radius 3 is 1.96 bits per heavy atom. The third-order valence-corrected chi connectivity index (χ3v) is 4.13. The molecule has 0 saturated carbocycles. The second kappa shape index (κ2) is 15.2. The van der Waals surface area contributed by atoms with Crippen LogP contribution in [0.3, 0.4) is 0 Å². The summed E-state index contributed by atoms with van der Waals surface area (Å²) < 4.78 is 0. The van der Waals surface area contributed by atoms with Gasteiger partial charge in [0.2, 0.25) is 0 Å². The maximum atomic E-state index is 11.6. The maximum absolute atomic E-state index is 11.6. The number of carbonyl (C=O) groups is 1. The van der Waals surface area contributed by atoms with Crippen LogP contribution in [-0.4, -0.2) is 12.5 Å². The number of hydrazine groups is 1. The number of hydrogen-bond donors (Lipinski definition) is 2. The van der Waals surface area contributed by atoms with Crippen LogP contribution in [-0.2, 0) is 4.84 Å². The lowest BCUT2D eigenvalue weighted by molar-refractivity contribution is 0.0131. The Morgan fingerprint density at radius 2 is 1.38 bits per heavy atom. The Bertz CT molecular complexity index is 409. The lowest BCUT2D eigenvalue weighted by Crippen LogP contribution is -2.34. The van der Waals surface area contributed by atoms with Crippen LogP contribution in [0.25, 0.3) is 0 Å². The molecule has 1 aromatic carbocycles. The molecule has 0 aliphatic heterocycles. The zero-order valence-corrected chi connectivity index (χ0v) is 15.2. The molecule has 0 spiro atoms. The van der Waals surface area contributed by atoms with Gasteiger partial charge in [-0.15, -0.1) is 0 Å². The van der Waals surface area contributed by atoms with Crippen LogP contribution in [0.4, 0.5) is 0 Å². The molecule has 2 N–H and O–H groups in total. The molecule has 0 radical (unpaired) electrons. The lowest BCUT2D eigenvalue weighted by Gasteiger charge is -2.07. The zero-order chi connectivity index (χ0) is 17.3. The molecule has 0 fully saturated rings. The molecular formula is C20H34N2O2. The van der Waals surface area contributed by atoms with E-state index in [4.69, 9.17) is 4.84 Å². The fourth-order valence-corrected chi connectivity index (χ4v) is 2.64. The molecule has 0 amide bonds. The van der Waals surface area contributed by atoms with Crippen molar-refractivity contribution in [1.29, 1.82) is 0 Å². The van der Waals surface area contributed by atoms with Crippen LogP contribution >= 0.6 is 0 Å². The maximum Gasteiger partial charge on any atom is 0.357 e. The topological polar surface area (TPSA) is 50.4 Å². The standard InChI is InChI=1S/C20H34N2O2/c1-2-3-4-5-6-7-8-9-10-11-15-18-21-22-24-20(23)19-16-13-12-14-17-19/h12-14,16-17,21-22H,2-11,15,18H2,1H3. The van der Waals surface area contributed by atoms with Crippen molar-refractivity contribution in [1.82, 2.24) is 11.0 Å². The fourth-order valence-electron chi connectivity index (χ4n) is 2.64. The van der Waals surface area contributed by atoms with Crippen LogP contribution in [0, 0.1) is 0 Å². The summed E-state index contributed by atoms with van der Waals surface area (Å²) in [6.07, 6.45) is 14.6. The summed E-state index contributed by atoms with van der Waals surface area (Å²) in [6.45, 7) is 3.07. The summed E-state index contributed by atoms with van der Waals surface area (Å²) in [4.78, 5) is 16.6. The molecule has 0 aliphatic carbocycles. The first-order valence-corrected chi connectivity index (χ1v) is 9.58. The molecule has 0 aliphatic rings. The fraction of sp³-hybridized carbons (Fsp3) is 0.650. The van der Waals surface area contributed by atoms with Crippen molar-refractivity contribution in [2.75, 3.05) is 6.54 Å². The summed E-state index contributed by atoms with van der Waals surface area (Å²) in [7, 11) is 0. The van der Waals surface area contributed by atoms with Gasteiger partial charge < -0.3 is 4.84 Å². The van der Waals surface area contributed by atoms with Crippen LogP contribution in [0.15, 0.2) is 30.3 Å². The predicted octanol–water partition coefficient (Wildman–Crippen LogP) is 5.16. The van der Waals surface area contributed by atoms with E-state index in [0.717, 1.165) is 13.0 Å². The minimum absolute atomic E-state index is 0.373. The van der Waals surface area contributed by atoms with Gasteiger partial charge in [0.1, 0.15) is 0 Å². The van der Waals surface area contributed by atoms with Crippen LogP contribution < -0.4 is 11.0 Å². The molecule has 136 valence electrons. The average Bonchev–Trinajstić information content (AvgIpc) is 2.62. The second-order valence-electron chi connectivity index (χ2n) is 6.32. The van der Waals surface area contributed by atoms with E-state index in [1.165, 1.54) is 64.2 Å². The Labute approximate surface area is 147 Å². The van der Waals surface area contributed by atoms with Crippen LogP contribution in [0.1, 0.15) is 87.9 Å². The molecule has 0 heterocycles. The minimum Gasteiger partial charge on any atom is -0.351 e. The van der Waals surface area contributed by atoms with E-state index >= 15 is 0 Å². The molecule has 0 atom stereocenters. The molecule has 1 rings (SSSR count). The highest BCUT2D eigenvalue weighted by Crippen LogP contribution is 2.10. The number of carbonyl (C=O) groups excluding carboxylic acids is 1. The molecular weight excluding hydrogens is 300 g/mol. The summed E-state index contributed by atoms with van der Waals surface area (Å²) >= 11 is 0. The number of nitrogens with one attached hydrogen (secondary N) is 2. The van der Waals surface area contributed by atoms with E-state index in [0.29, 0.717) is 5.56 Å². The van der Waals surface area contributed by atoms with Crippen molar-refractivity contribution in [3.05, 3.63) is 35.9 Å². The Balaban J connectivity index is 1.80. The van der Waals surface area contributed by atoms with Gasteiger partial charge in [0.25, 0.3) is 0 Å². The smallest absolute Gasteiger partial charge is 0.351 e. The quantitative estimate of drug-likeness (QED) is 0.343. The lowest BCUT2D eigenvalue weighted by atomic mass is 10.1. The van der Waals surface area contributed by atoms with Crippen LogP contribution in [0.5, 0.6) is 0 Å². The summed E-state index contributed by atoms with van der Waals surface area (Å²) in [5, 5.41) is 0. The Morgan fingerprint density at radius 1 is 0.833 bits per heavy atom. The van der Waals surface area contributed by atoms with E-state index < -0.39 is 0 Å². The molecule has 1 aromatic rings. The number of hydrogen-bond acceptors (Lipinski definition) is 4. The van der Waals surface area contributed by atoms with Gasteiger partial charge >= 0.3 is 5.97 Å². The minimum atomic E-state index is -0.373. The molecule has 24 heavy (non-hydrogen) atoms. The number of unbranched alkanes of at least 4 members (excludes halogenated alkanes) is 10. The van der Waals surface area contributed by atoms with Gasteiger partial charge in [0.05, 0.1) is 5.56 Å². The number of benzene rings is 1. The normalized spacial score (nSPS) is 10.7. The van der Waals surface area contributed by atoms with E-state index in [-0.39, 0.29) is 5.97 Å². The summed E-state index contributed by atoms with van der Waals surface area (Å²) in [5.74, 6) is -0.373. The van der Waals surface area contributed by atoms with Crippen molar-refractivity contribution in [3.8, 4) is 0 Å². The Kier molecular flexibility index (Phi) is 13.0. The first kappa shape index (κ1) is 20.7. The monoisotopic (exact) mass is 334 g/mol.